The van der Waals surface area contributed by atoms with Crippen LogP contribution in [0.15, 0.2) is 36.7 Å². The van der Waals surface area contributed by atoms with Gasteiger partial charge in [-0.05, 0) is 36.2 Å². The molecule has 2 rings (SSSR count). The average Bonchev–Trinajstić information content (AvgIpc) is 2.44. The Hall–Kier alpha value is -1.00. The molecular weight excluding hydrogens is 331 g/mol. The molecule has 0 saturated heterocycles. The van der Waals surface area contributed by atoms with Crippen LogP contribution >= 0.6 is 23.2 Å². The van der Waals surface area contributed by atoms with E-state index in [2.05, 4.69) is 10.3 Å². The van der Waals surface area contributed by atoms with E-state index in [-0.39, 0.29) is 12.4 Å². The SMILES string of the molecule is CCOc1c(Cl)cc(CNCc2cccnc2)cc1Cl.[Cl-]. The lowest BCUT2D eigenvalue weighted by Crippen LogP contribution is -3.00. The molecule has 1 aromatic carbocycles. The number of rotatable bonds is 6. The zero-order valence-electron chi connectivity index (χ0n) is 11.6. The summed E-state index contributed by atoms with van der Waals surface area (Å²) in [7, 11) is 0. The summed E-state index contributed by atoms with van der Waals surface area (Å²) < 4.78 is 5.40. The van der Waals surface area contributed by atoms with Crippen LogP contribution in [0.3, 0.4) is 0 Å². The van der Waals surface area contributed by atoms with E-state index in [9.17, 15) is 0 Å². The number of aromatic nitrogens is 1. The molecule has 2 aromatic rings. The maximum Gasteiger partial charge on any atom is 0.156 e. The maximum absolute atomic E-state index is 6.16. The fourth-order valence-corrected chi connectivity index (χ4v) is 2.49. The van der Waals surface area contributed by atoms with E-state index in [1.165, 1.54) is 0 Å². The molecule has 0 spiro atoms. The topological polar surface area (TPSA) is 34.1 Å². The van der Waals surface area contributed by atoms with Crippen LogP contribution in [-0.2, 0) is 13.1 Å². The summed E-state index contributed by atoms with van der Waals surface area (Å²) >= 11 is 12.3. The van der Waals surface area contributed by atoms with Crippen LogP contribution in [0.2, 0.25) is 10.0 Å². The lowest BCUT2D eigenvalue weighted by atomic mass is 10.2. The van der Waals surface area contributed by atoms with Gasteiger partial charge in [-0.1, -0.05) is 29.3 Å². The fourth-order valence-electron chi connectivity index (χ4n) is 1.85. The van der Waals surface area contributed by atoms with E-state index in [0.717, 1.165) is 17.7 Å². The Kier molecular flexibility index (Phi) is 7.83. The van der Waals surface area contributed by atoms with E-state index < -0.39 is 0 Å². The van der Waals surface area contributed by atoms with Gasteiger partial charge in [-0.2, -0.15) is 0 Å². The highest BCUT2D eigenvalue weighted by atomic mass is 35.5. The second-order valence-electron chi connectivity index (χ2n) is 4.29. The molecular formula is C15H16Cl3N2O-. The van der Waals surface area contributed by atoms with Crippen molar-refractivity contribution in [3.05, 3.63) is 57.8 Å². The number of pyridine rings is 1. The monoisotopic (exact) mass is 345 g/mol. The maximum atomic E-state index is 6.16. The molecule has 0 aliphatic carbocycles. The predicted molar refractivity (Wildman–Crippen MR) is 82.4 cm³/mol. The first-order valence-electron chi connectivity index (χ1n) is 6.41. The first-order valence-corrected chi connectivity index (χ1v) is 7.16. The fraction of sp³-hybridized carbons (Fsp3) is 0.267. The lowest BCUT2D eigenvalue weighted by molar-refractivity contribution is -0.00000450. The quantitative estimate of drug-likeness (QED) is 0.850. The van der Waals surface area contributed by atoms with Gasteiger partial charge < -0.3 is 22.5 Å². The molecule has 0 unspecified atom stereocenters. The zero-order chi connectivity index (χ0) is 14.4. The number of nitrogens with one attached hydrogen (secondary N) is 1. The molecule has 21 heavy (non-hydrogen) atoms. The third-order valence-corrected chi connectivity index (χ3v) is 3.29. The molecule has 0 aliphatic heterocycles. The molecule has 6 heteroatoms. The zero-order valence-corrected chi connectivity index (χ0v) is 13.8. The summed E-state index contributed by atoms with van der Waals surface area (Å²) in [4.78, 5) is 4.07. The number of nitrogens with zero attached hydrogens (tertiary/aromatic N) is 1. The van der Waals surface area contributed by atoms with Crippen molar-refractivity contribution >= 4 is 23.2 Å². The minimum atomic E-state index is 0. The minimum absolute atomic E-state index is 0. The third-order valence-electron chi connectivity index (χ3n) is 2.73. The van der Waals surface area contributed by atoms with E-state index in [4.69, 9.17) is 27.9 Å². The number of hydrogen-bond donors (Lipinski definition) is 1. The molecule has 0 saturated carbocycles. The van der Waals surface area contributed by atoms with Crippen molar-refractivity contribution in [1.29, 1.82) is 0 Å². The molecule has 0 bridgehead atoms. The van der Waals surface area contributed by atoms with Crippen LogP contribution < -0.4 is 22.5 Å². The van der Waals surface area contributed by atoms with E-state index >= 15 is 0 Å². The Morgan fingerprint density at radius 1 is 1.14 bits per heavy atom. The first-order chi connectivity index (χ1) is 9.70. The molecule has 0 aliphatic rings. The van der Waals surface area contributed by atoms with Gasteiger partial charge in [0.1, 0.15) is 0 Å². The van der Waals surface area contributed by atoms with Gasteiger partial charge in [-0.15, -0.1) is 0 Å². The molecule has 3 nitrogen and oxygen atoms in total. The van der Waals surface area contributed by atoms with Crippen molar-refractivity contribution in [1.82, 2.24) is 10.3 Å². The Labute approximate surface area is 141 Å². The van der Waals surface area contributed by atoms with Gasteiger partial charge >= 0.3 is 0 Å². The van der Waals surface area contributed by atoms with Crippen molar-refractivity contribution in [2.24, 2.45) is 0 Å². The van der Waals surface area contributed by atoms with Gasteiger partial charge in [-0.25, -0.2) is 0 Å². The Bertz CT molecular complexity index is 541. The van der Waals surface area contributed by atoms with Crippen LogP contribution in [0.5, 0.6) is 5.75 Å². The molecule has 0 amide bonds. The number of ether oxygens (including phenoxy) is 1. The number of benzene rings is 1. The predicted octanol–water partition coefficient (Wildman–Crippen LogP) is 1.08. The summed E-state index contributed by atoms with van der Waals surface area (Å²) in [6, 6.07) is 7.68. The summed E-state index contributed by atoms with van der Waals surface area (Å²) in [6.07, 6.45) is 3.60. The number of halogens is 3. The van der Waals surface area contributed by atoms with Gasteiger partial charge in [0.25, 0.3) is 0 Å². The van der Waals surface area contributed by atoms with Crippen LogP contribution in [0.1, 0.15) is 18.1 Å². The summed E-state index contributed by atoms with van der Waals surface area (Å²) in [5.41, 5.74) is 2.16. The Balaban J connectivity index is 0.00000220. The molecule has 1 N–H and O–H groups in total. The van der Waals surface area contributed by atoms with Crippen LogP contribution in [0.25, 0.3) is 0 Å². The van der Waals surface area contributed by atoms with Crippen molar-refractivity contribution in [3.63, 3.8) is 0 Å². The van der Waals surface area contributed by atoms with E-state index in [1.54, 1.807) is 6.20 Å². The standard InChI is InChI=1S/C15H16Cl2N2O.ClH/c1-2-20-15-13(16)6-12(7-14(15)17)10-19-9-11-4-3-5-18-8-11;/h3-8,19H,2,9-10H2,1H3;1H/p-1. The van der Waals surface area contributed by atoms with Crippen molar-refractivity contribution < 1.29 is 17.1 Å². The second kappa shape index (κ2) is 9.11. The van der Waals surface area contributed by atoms with Gasteiger partial charge in [0, 0.05) is 25.5 Å². The Morgan fingerprint density at radius 3 is 2.38 bits per heavy atom. The van der Waals surface area contributed by atoms with E-state index in [1.807, 2.05) is 37.4 Å². The van der Waals surface area contributed by atoms with Crippen molar-refractivity contribution in [3.8, 4) is 5.75 Å². The second-order valence-corrected chi connectivity index (χ2v) is 5.10. The number of hydrogen-bond acceptors (Lipinski definition) is 3. The van der Waals surface area contributed by atoms with Gasteiger partial charge in [0.15, 0.2) is 5.75 Å². The van der Waals surface area contributed by atoms with E-state index in [0.29, 0.717) is 28.9 Å². The van der Waals surface area contributed by atoms with Gasteiger partial charge in [0.05, 0.1) is 16.7 Å². The molecule has 1 heterocycles. The van der Waals surface area contributed by atoms with Crippen LogP contribution in [0, 0.1) is 0 Å². The third kappa shape index (κ3) is 5.36. The van der Waals surface area contributed by atoms with Crippen molar-refractivity contribution in [2.75, 3.05) is 6.61 Å². The highest BCUT2D eigenvalue weighted by Gasteiger charge is 2.09. The average molecular weight is 347 g/mol. The largest absolute Gasteiger partial charge is 1.00 e. The van der Waals surface area contributed by atoms with Crippen LogP contribution in [0.4, 0.5) is 0 Å². The smallest absolute Gasteiger partial charge is 0.156 e. The van der Waals surface area contributed by atoms with Gasteiger partial charge in [0.2, 0.25) is 0 Å². The van der Waals surface area contributed by atoms with Crippen LogP contribution in [-0.4, -0.2) is 11.6 Å². The van der Waals surface area contributed by atoms with Gasteiger partial charge in [-0.3, -0.25) is 4.98 Å². The minimum Gasteiger partial charge on any atom is -1.00 e. The summed E-state index contributed by atoms with van der Waals surface area (Å²) in [5, 5.41) is 4.40. The molecule has 114 valence electrons. The normalized spacial score (nSPS) is 10.0. The lowest BCUT2D eigenvalue weighted by Gasteiger charge is -2.11. The molecule has 1 aromatic heterocycles. The van der Waals surface area contributed by atoms with Crippen molar-refractivity contribution in [2.45, 2.75) is 20.0 Å². The first kappa shape index (κ1) is 18.1. The summed E-state index contributed by atoms with van der Waals surface area (Å²) in [6.45, 7) is 3.87. The molecule has 0 fully saturated rings. The molecule has 0 radical (unpaired) electrons. The molecule has 0 atom stereocenters. The highest BCUT2D eigenvalue weighted by molar-refractivity contribution is 6.37. The Morgan fingerprint density at radius 2 is 1.81 bits per heavy atom. The summed E-state index contributed by atoms with van der Waals surface area (Å²) in [5.74, 6) is 0.548. The highest BCUT2D eigenvalue weighted by Crippen LogP contribution is 2.34.